The molecular formula is C17H27NO. The molecule has 1 saturated carbocycles. The third-order valence-corrected chi connectivity index (χ3v) is 5.19. The van der Waals surface area contributed by atoms with E-state index in [-0.39, 0.29) is 6.10 Å². The highest BCUT2D eigenvalue weighted by atomic mass is 16.3. The SMILES string of the molecule is CC1CCCC(CCn2ccc3c2CCCC3O)C1. The second-order valence-corrected chi connectivity index (χ2v) is 6.75. The zero-order chi connectivity index (χ0) is 13.2. The van der Waals surface area contributed by atoms with E-state index in [1.54, 1.807) is 0 Å². The molecular weight excluding hydrogens is 234 g/mol. The molecule has 2 nitrogen and oxygen atoms in total. The molecule has 1 fully saturated rings. The molecule has 2 aliphatic carbocycles. The van der Waals surface area contributed by atoms with Gasteiger partial charge in [0.1, 0.15) is 0 Å². The molecule has 3 atom stereocenters. The van der Waals surface area contributed by atoms with Crippen LogP contribution < -0.4 is 0 Å². The van der Waals surface area contributed by atoms with E-state index in [2.05, 4.69) is 23.8 Å². The van der Waals surface area contributed by atoms with E-state index in [9.17, 15) is 5.11 Å². The Labute approximate surface area is 116 Å². The van der Waals surface area contributed by atoms with Crippen LogP contribution in [-0.2, 0) is 13.0 Å². The van der Waals surface area contributed by atoms with Gasteiger partial charge in [0.15, 0.2) is 0 Å². The molecule has 0 aliphatic heterocycles. The second kappa shape index (κ2) is 5.70. The van der Waals surface area contributed by atoms with E-state index in [1.807, 2.05) is 0 Å². The molecule has 3 rings (SSSR count). The van der Waals surface area contributed by atoms with Crippen molar-refractivity contribution in [3.8, 4) is 0 Å². The summed E-state index contributed by atoms with van der Waals surface area (Å²) in [6.07, 6.45) is 12.3. The van der Waals surface area contributed by atoms with Gasteiger partial charge in [-0.15, -0.1) is 0 Å². The van der Waals surface area contributed by atoms with Crippen LogP contribution in [0.4, 0.5) is 0 Å². The van der Waals surface area contributed by atoms with Crippen LogP contribution >= 0.6 is 0 Å². The Kier molecular flexibility index (Phi) is 3.97. The fraction of sp³-hybridized carbons (Fsp3) is 0.765. The molecule has 0 saturated heterocycles. The van der Waals surface area contributed by atoms with Crippen molar-refractivity contribution in [1.29, 1.82) is 0 Å². The molecule has 0 aromatic carbocycles. The standard InChI is InChI=1S/C17H27NO/c1-13-4-2-5-14(12-13)8-10-18-11-9-15-16(18)6-3-7-17(15)19/h9,11,13-14,17,19H,2-8,10,12H2,1H3. The molecule has 1 aromatic rings. The van der Waals surface area contributed by atoms with Crippen LogP contribution in [0.3, 0.4) is 0 Å². The quantitative estimate of drug-likeness (QED) is 0.871. The van der Waals surface area contributed by atoms with Gasteiger partial charge >= 0.3 is 0 Å². The molecule has 2 heteroatoms. The predicted octanol–water partition coefficient (Wildman–Crippen LogP) is 4.07. The molecule has 0 spiro atoms. The van der Waals surface area contributed by atoms with Gasteiger partial charge in [0.25, 0.3) is 0 Å². The molecule has 0 amide bonds. The van der Waals surface area contributed by atoms with Gasteiger partial charge in [-0.3, -0.25) is 0 Å². The molecule has 0 radical (unpaired) electrons. The zero-order valence-electron chi connectivity index (χ0n) is 12.1. The third-order valence-electron chi connectivity index (χ3n) is 5.19. The summed E-state index contributed by atoms with van der Waals surface area (Å²) in [6, 6.07) is 2.14. The summed E-state index contributed by atoms with van der Waals surface area (Å²) in [7, 11) is 0. The molecule has 1 N–H and O–H groups in total. The van der Waals surface area contributed by atoms with Crippen molar-refractivity contribution in [2.75, 3.05) is 0 Å². The number of nitrogens with zero attached hydrogens (tertiary/aromatic N) is 1. The summed E-state index contributed by atoms with van der Waals surface area (Å²) in [5.41, 5.74) is 2.60. The first kappa shape index (κ1) is 13.2. The number of fused-ring (bicyclic) bond motifs is 1. The lowest BCUT2D eigenvalue weighted by molar-refractivity contribution is 0.155. The first-order chi connectivity index (χ1) is 9.24. The van der Waals surface area contributed by atoms with Crippen LogP contribution in [0.2, 0.25) is 0 Å². The van der Waals surface area contributed by atoms with Gasteiger partial charge in [-0.25, -0.2) is 0 Å². The van der Waals surface area contributed by atoms with Crippen molar-refractivity contribution in [2.45, 2.75) is 70.9 Å². The highest BCUT2D eigenvalue weighted by Crippen LogP contribution is 2.33. The lowest BCUT2D eigenvalue weighted by Gasteiger charge is -2.27. The molecule has 3 unspecified atom stereocenters. The van der Waals surface area contributed by atoms with Gasteiger partial charge in [-0.05, 0) is 50.0 Å². The van der Waals surface area contributed by atoms with Crippen LogP contribution in [0.25, 0.3) is 0 Å². The lowest BCUT2D eigenvalue weighted by Crippen LogP contribution is -2.17. The minimum atomic E-state index is -0.209. The number of aliphatic hydroxyl groups is 1. The Bertz CT molecular complexity index is 423. The van der Waals surface area contributed by atoms with E-state index < -0.39 is 0 Å². The Balaban J connectivity index is 1.61. The monoisotopic (exact) mass is 261 g/mol. The van der Waals surface area contributed by atoms with Crippen molar-refractivity contribution in [2.24, 2.45) is 11.8 Å². The maximum Gasteiger partial charge on any atom is 0.0807 e. The van der Waals surface area contributed by atoms with Gasteiger partial charge in [-0.1, -0.05) is 26.2 Å². The zero-order valence-corrected chi connectivity index (χ0v) is 12.1. The smallest absolute Gasteiger partial charge is 0.0807 e. The van der Waals surface area contributed by atoms with Gasteiger partial charge in [-0.2, -0.15) is 0 Å². The Morgan fingerprint density at radius 1 is 1.26 bits per heavy atom. The van der Waals surface area contributed by atoms with Crippen LogP contribution in [0.15, 0.2) is 12.3 Å². The number of aryl methyl sites for hydroxylation is 1. The molecule has 0 bridgehead atoms. The van der Waals surface area contributed by atoms with Crippen LogP contribution in [-0.4, -0.2) is 9.67 Å². The summed E-state index contributed by atoms with van der Waals surface area (Å²) in [6.45, 7) is 3.56. The number of rotatable bonds is 3. The van der Waals surface area contributed by atoms with Gasteiger partial charge in [0.2, 0.25) is 0 Å². The minimum absolute atomic E-state index is 0.209. The van der Waals surface area contributed by atoms with Crippen molar-refractivity contribution < 1.29 is 5.11 Å². The number of aromatic nitrogens is 1. The average Bonchev–Trinajstić information content (AvgIpc) is 2.81. The van der Waals surface area contributed by atoms with Crippen molar-refractivity contribution >= 4 is 0 Å². The topological polar surface area (TPSA) is 25.2 Å². The first-order valence-electron chi connectivity index (χ1n) is 8.10. The maximum absolute atomic E-state index is 10.0. The number of hydrogen-bond donors (Lipinski definition) is 1. The predicted molar refractivity (Wildman–Crippen MR) is 78.1 cm³/mol. The van der Waals surface area contributed by atoms with E-state index in [0.29, 0.717) is 0 Å². The van der Waals surface area contributed by atoms with Crippen molar-refractivity contribution in [3.05, 3.63) is 23.5 Å². The summed E-state index contributed by atoms with van der Waals surface area (Å²) < 4.78 is 2.41. The average molecular weight is 261 g/mol. The molecule has 106 valence electrons. The fourth-order valence-electron chi connectivity index (χ4n) is 4.09. The van der Waals surface area contributed by atoms with Crippen LogP contribution in [0.1, 0.15) is 69.2 Å². The molecule has 1 aromatic heterocycles. The summed E-state index contributed by atoms with van der Waals surface area (Å²) >= 11 is 0. The van der Waals surface area contributed by atoms with Gasteiger partial charge in [0, 0.05) is 24.0 Å². The Morgan fingerprint density at radius 3 is 3.00 bits per heavy atom. The Morgan fingerprint density at radius 2 is 2.16 bits per heavy atom. The molecule has 1 heterocycles. The maximum atomic E-state index is 10.0. The van der Waals surface area contributed by atoms with E-state index in [0.717, 1.165) is 37.6 Å². The van der Waals surface area contributed by atoms with Gasteiger partial charge < -0.3 is 9.67 Å². The summed E-state index contributed by atoms with van der Waals surface area (Å²) in [5, 5.41) is 10.0. The summed E-state index contributed by atoms with van der Waals surface area (Å²) in [5.74, 6) is 1.86. The summed E-state index contributed by atoms with van der Waals surface area (Å²) in [4.78, 5) is 0. The minimum Gasteiger partial charge on any atom is -0.388 e. The van der Waals surface area contributed by atoms with E-state index in [4.69, 9.17) is 0 Å². The highest BCUT2D eigenvalue weighted by Gasteiger charge is 2.22. The van der Waals surface area contributed by atoms with E-state index >= 15 is 0 Å². The van der Waals surface area contributed by atoms with Crippen LogP contribution in [0.5, 0.6) is 0 Å². The lowest BCUT2D eigenvalue weighted by atomic mass is 9.81. The number of aliphatic hydroxyl groups excluding tert-OH is 1. The highest BCUT2D eigenvalue weighted by molar-refractivity contribution is 5.27. The van der Waals surface area contributed by atoms with Crippen molar-refractivity contribution in [1.82, 2.24) is 4.57 Å². The van der Waals surface area contributed by atoms with Crippen molar-refractivity contribution in [3.63, 3.8) is 0 Å². The number of hydrogen-bond acceptors (Lipinski definition) is 1. The van der Waals surface area contributed by atoms with Crippen LogP contribution in [0, 0.1) is 11.8 Å². The second-order valence-electron chi connectivity index (χ2n) is 6.75. The largest absolute Gasteiger partial charge is 0.388 e. The Hall–Kier alpha value is -0.760. The van der Waals surface area contributed by atoms with E-state index in [1.165, 1.54) is 43.4 Å². The first-order valence-corrected chi connectivity index (χ1v) is 8.10. The normalized spacial score (nSPS) is 31.2. The van der Waals surface area contributed by atoms with Gasteiger partial charge in [0.05, 0.1) is 6.10 Å². The third kappa shape index (κ3) is 2.89. The molecule has 2 aliphatic rings. The molecule has 19 heavy (non-hydrogen) atoms. The fourth-order valence-corrected chi connectivity index (χ4v) is 4.09.